The van der Waals surface area contributed by atoms with Crippen molar-refractivity contribution in [3.05, 3.63) is 24.4 Å². The van der Waals surface area contributed by atoms with Crippen LogP contribution in [0.3, 0.4) is 0 Å². The van der Waals surface area contributed by atoms with E-state index in [-0.39, 0.29) is 10.1 Å². The molecule has 0 unspecified atom stereocenters. The molecule has 0 N–H and O–H groups in total. The molecule has 4 heteroatoms. The van der Waals surface area contributed by atoms with Gasteiger partial charge in [0.2, 0.25) is 6.54 Å². The van der Waals surface area contributed by atoms with E-state index >= 15 is 4.11 Å². The average molecular weight is 335 g/mol. The molecule has 0 saturated heterocycles. The summed E-state index contributed by atoms with van der Waals surface area (Å²) in [5.41, 5.74) is 0. The molecule has 0 spiro atoms. The number of terminal acetylenes is 1. The number of thiophene rings is 1. The number of aromatic nitrogens is 1. The van der Waals surface area contributed by atoms with Crippen molar-refractivity contribution in [2.24, 2.45) is 0 Å². The summed E-state index contributed by atoms with van der Waals surface area (Å²) in [6, 6.07) is 6.07. The molecule has 2 aromatic rings. The van der Waals surface area contributed by atoms with Crippen LogP contribution >= 0.6 is 11.3 Å². The first kappa shape index (κ1) is 17.2. The largest absolute Gasteiger partial charge is 0.306 e. The van der Waals surface area contributed by atoms with E-state index in [4.69, 9.17) is 6.42 Å². The maximum absolute atomic E-state index is 16.4. The monoisotopic (exact) mass is 334 g/mol. The van der Waals surface area contributed by atoms with Crippen molar-refractivity contribution in [2.75, 3.05) is 0 Å². The van der Waals surface area contributed by atoms with Gasteiger partial charge in [0.25, 0.3) is 13.2 Å². The second-order valence-corrected chi connectivity index (χ2v) is 14.1. The van der Waals surface area contributed by atoms with Crippen LogP contribution in [0, 0.1) is 12.3 Å². The topological polar surface area (TPSA) is 3.88 Å². The highest BCUT2D eigenvalue weighted by atomic mass is 32.1. The summed E-state index contributed by atoms with van der Waals surface area (Å²) in [7, 11) is -3.20. The molecule has 0 aliphatic carbocycles. The predicted molar refractivity (Wildman–Crippen MR) is 96.8 cm³/mol. The minimum atomic E-state index is -3.20. The highest BCUT2D eigenvalue weighted by Gasteiger charge is 2.58. The van der Waals surface area contributed by atoms with Crippen molar-refractivity contribution >= 4 is 34.5 Å². The number of hydrogen-bond donors (Lipinski definition) is 0. The van der Waals surface area contributed by atoms with Gasteiger partial charge in [-0.25, -0.2) is 0 Å². The Morgan fingerprint density at radius 1 is 1.23 bits per heavy atom. The molecule has 2 heterocycles. The molecule has 1 nitrogen and oxygen atoms in total. The van der Waals surface area contributed by atoms with Gasteiger partial charge in [-0.05, 0) is 28.1 Å². The molecule has 2 rings (SSSR count). The highest BCUT2D eigenvalue weighted by molar-refractivity contribution is 7.31. The zero-order valence-electron chi connectivity index (χ0n) is 14.3. The standard InChI is InChI=1S/C18H25FNSSi/c1-8-11-20-12-9-10-14-13-15(21-16(14)20)22(19,17(2,3)4)18(5,6)7/h1,9-10,12-13H,11H2,2-7H3/q+1. The molecule has 118 valence electrons. The summed E-state index contributed by atoms with van der Waals surface area (Å²) in [6.45, 7) is 12.7. The lowest BCUT2D eigenvalue weighted by Gasteiger charge is -2.43. The fourth-order valence-corrected chi connectivity index (χ4v) is 11.0. The van der Waals surface area contributed by atoms with Gasteiger partial charge in [-0.3, -0.25) is 0 Å². The van der Waals surface area contributed by atoms with Gasteiger partial charge in [0, 0.05) is 10.6 Å². The van der Waals surface area contributed by atoms with Gasteiger partial charge in [-0.2, -0.15) is 4.57 Å². The SMILES string of the molecule is C#CC[n+]1cccc2cc([Si](F)(C(C)(C)C)C(C)(C)C)sc21. The Morgan fingerprint density at radius 2 is 1.82 bits per heavy atom. The number of hydrogen-bond acceptors (Lipinski definition) is 1. The van der Waals surface area contributed by atoms with Gasteiger partial charge >= 0.3 is 0 Å². The first-order chi connectivity index (χ1) is 10.0. The minimum absolute atomic E-state index is 0.358. The maximum atomic E-state index is 16.4. The summed E-state index contributed by atoms with van der Waals surface area (Å²) < 4.78 is 19.3. The second kappa shape index (κ2) is 5.47. The summed E-state index contributed by atoms with van der Waals surface area (Å²) in [6.07, 6.45) is 7.42. The summed E-state index contributed by atoms with van der Waals surface area (Å²) in [5.74, 6) is 2.67. The molecular weight excluding hydrogens is 309 g/mol. The number of halogens is 1. The van der Waals surface area contributed by atoms with Crippen LogP contribution < -0.4 is 9.07 Å². The molecule has 22 heavy (non-hydrogen) atoms. The van der Waals surface area contributed by atoms with Crippen LogP contribution in [-0.4, -0.2) is 8.41 Å². The number of pyridine rings is 1. The molecule has 0 bridgehead atoms. The van der Waals surface area contributed by atoms with E-state index in [0.29, 0.717) is 6.54 Å². The van der Waals surface area contributed by atoms with Gasteiger partial charge in [0.1, 0.15) is 0 Å². The molecule has 0 aliphatic heterocycles. The third-order valence-corrected chi connectivity index (χ3v) is 11.3. The summed E-state index contributed by atoms with van der Waals surface area (Å²) in [5, 5.41) is 0.368. The van der Waals surface area contributed by atoms with Gasteiger partial charge in [0.05, 0.1) is 5.39 Å². The van der Waals surface area contributed by atoms with E-state index in [1.807, 2.05) is 64.4 Å². The second-order valence-electron chi connectivity index (χ2n) is 7.87. The molecule has 0 fully saturated rings. The lowest BCUT2D eigenvalue weighted by atomic mass is 10.2. The van der Waals surface area contributed by atoms with Crippen LogP contribution in [0.5, 0.6) is 0 Å². The van der Waals surface area contributed by atoms with Crippen LogP contribution in [-0.2, 0) is 6.54 Å². The van der Waals surface area contributed by atoms with E-state index in [1.54, 1.807) is 11.3 Å². The summed E-state index contributed by atoms with van der Waals surface area (Å²) in [4.78, 5) is 1.07. The van der Waals surface area contributed by atoms with Crippen molar-refractivity contribution in [3.63, 3.8) is 0 Å². The molecule has 0 aromatic carbocycles. The van der Waals surface area contributed by atoms with Crippen LogP contribution in [0.4, 0.5) is 4.11 Å². The molecule has 2 aromatic heterocycles. The van der Waals surface area contributed by atoms with Crippen molar-refractivity contribution in [3.8, 4) is 12.3 Å². The highest BCUT2D eigenvalue weighted by Crippen LogP contribution is 2.52. The Bertz CT molecular complexity index is 714. The Labute approximate surface area is 138 Å². The van der Waals surface area contributed by atoms with Gasteiger partial charge in [0.15, 0.2) is 6.20 Å². The fraction of sp³-hybridized carbons (Fsp3) is 0.500. The molecule has 0 atom stereocenters. The molecule has 0 amide bonds. The van der Waals surface area contributed by atoms with Crippen LogP contribution in [0.25, 0.3) is 10.2 Å². The zero-order chi connectivity index (χ0) is 16.8. The van der Waals surface area contributed by atoms with E-state index < -0.39 is 8.41 Å². The van der Waals surface area contributed by atoms with E-state index in [2.05, 4.69) is 12.0 Å². The molecule has 0 aliphatic rings. The first-order valence-corrected chi connectivity index (χ1v) is 10.3. The van der Waals surface area contributed by atoms with E-state index in [9.17, 15) is 0 Å². The third kappa shape index (κ3) is 2.61. The van der Waals surface area contributed by atoms with Crippen LogP contribution in [0.2, 0.25) is 10.1 Å². The normalized spacial score (nSPS) is 13.4. The smallest absolute Gasteiger partial charge is 0.298 e. The lowest BCUT2D eigenvalue weighted by molar-refractivity contribution is -0.656. The predicted octanol–water partition coefficient (Wildman–Crippen LogP) is 4.54. The van der Waals surface area contributed by atoms with Crippen LogP contribution in [0.15, 0.2) is 24.4 Å². The van der Waals surface area contributed by atoms with E-state index in [0.717, 1.165) is 14.7 Å². The fourth-order valence-electron chi connectivity index (χ4n) is 3.31. The molecule has 0 radical (unpaired) electrons. The zero-order valence-corrected chi connectivity index (χ0v) is 16.1. The van der Waals surface area contributed by atoms with Gasteiger partial charge in [-0.1, -0.05) is 52.9 Å². The van der Waals surface area contributed by atoms with Crippen LogP contribution in [0.1, 0.15) is 41.5 Å². The van der Waals surface area contributed by atoms with E-state index in [1.165, 1.54) is 0 Å². The Hall–Kier alpha value is -1.18. The maximum Gasteiger partial charge on any atom is 0.298 e. The van der Waals surface area contributed by atoms with Crippen molar-refractivity contribution in [1.82, 2.24) is 0 Å². The number of nitrogens with zero attached hydrogens (tertiary/aromatic N) is 1. The Kier molecular flexibility index (Phi) is 4.27. The number of fused-ring (bicyclic) bond motifs is 1. The minimum Gasteiger partial charge on any atom is -0.306 e. The first-order valence-electron chi connectivity index (χ1n) is 7.57. The third-order valence-electron chi connectivity index (χ3n) is 4.21. The lowest BCUT2D eigenvalue weighted by Crippen LogP contribution is -2.56. The number of rotatable bonds is 2. The van der Waals surface area contributed by atoms with Gasteiger partial charge in [-0.15, -0.1) is 6.42 Å². The quantitative estimate of drug-likeness (QED) is 0.328. The van der Waals surface area contributed by atoms with Gasteiger partial charge < -0.3 is 4.11 Å². The molecular formula is C18H25FNSSi+. The molecule has 0 saturated carbocycles. The average Bonchev–Trinajstić information content (AvgIpc) is 2.80. The van der Waals surface area contributed by atoms with Crippen molar-refractivity contribution < 1.29 is 8.67 Å². The Balaban J connectivity index is 2.73. The Morgan fingerprint density at radius 3 is 2.32 bits per heavy atom. The van der Waals surface area contributed by atoms with Crippen molar-refractivity contribution in [2.45, 2.75) is 58.2 Å². The van der Waals surface area contributed by atoms with Crippen molar-refractivity contribution in [1.29, 1.82) is 0 Å². The summed E-state index contributed by atoms with van der Waals surface area (Å²) >= 11 is 1.58.